The highest BCUT2D eigenvalue weighted by Gasteiger charge is 2.29. The minimum Gasteiger partial charge on any atom is -0.493 e. The van der Waals surface area contributed by atoms with Gasteiger partial charge in [-0.1, -0.05) is 11.6 Å². The zero-order valence-electron chi connectivity index (χ0n) is 18.6. The summed E-state index contributed by atoms with van der Waals surface area (Å²) in [7, 11) is 0. The largest absolute Gasteiger partial charge is 0.493 e. The number of nitrogens with zero attached hydrogens (tertiary/aromatic N) is 3. The molecule has 2 N–H and O–H groups in total. The van der Waals surface area contributed by atoms with Gasteiger partial charge in [0.15, 0.2) is 0 Å². The topological polar surface area (TPSA) is 89.2 Å². The standard InChI is InChI=1S/C24H18ClF3N4O3S/c1-14-22(34)32(18-6-8-19(9-7-18)36-24(26,27)28)23(35)31(14)13-15-10-11-29-20(12-15)30-21(33)16-2-4-17(25)5-3-16/h2-12,34H,13H2,1H3,(H,29,30,33). The van der Waals surface area contributed by atoms with Crippen molar-refractivity contribution >= 4 is 35.1 Å². The lowest BCUT2D eigenvalue weighted by Gasteiger charge is -2.08. The fourth-order valence-electron chi connectivity index (χ4n) is 3.47. The van der Waals surface area contributed by atoms with Gasteiger partial charge in [0.05, 0.1) is 17.9 Å². The molecule has 0 aliphatic heterocycles. The molecule has 0 radical (unpaired) electrons. The molecule has 0 atom stereocenters. The van der Waals surface area contributed by atoms with Crippen molar-refractivity contribution in [2.75, 3.05) is 5.32 Å². The molecule has 36 heavy (non-hydrogen) atoms. The summed E-state index contributed by atoms with van der Waals surface area (Å²) in [5, 5.41) is 13.8. The number of carbonyl (C=O) groups is 1. The average Bonchev–Trinajstić information content (AvgIpc) is 3.02. The monoisotopic (exact) mass is 534 g/mol. The van der Waals surface area contributed by atoms with Crippen LogP contribution in [-0.4, -0.2) is 30.6 Å². The maximum atomic E-state index is 13.1. The summed E-state index contributed by atoms with van der Waals surface area (Å²) in [5.41, 5.74) is -3.52. The molecule has 1 amide bonds. The number of aromatic hydroxyl groups is 1. The van der Waals surface area contributed by atoms with Gasteiger partial charge in [0.2, 0.25) is 5.88 Å². The van der Waals surface area contributed by atoms with Crippen LogP contribution in [0.3, 0.4) is 0 Å². The number of pyridine rings is 1. The van der Waals surface area contributed by atoms with E-state index in [9.17, 15) is 27.9 Å². The Bertz CT molecular complexity index is 1470. The number of hydrogen-bond donors (Lipinski definition) is 2. The van der Waals surface area contributed by atoms with E-state index in [2.05, 4.69) is 10.3 Å². The number of amides is 1. The smallest absolute Gasteiger partial charge is 0.446 e. The summed E-state index contributed by atoms with van der Waals surface area (Å²) in [6.45, 7) is 1.60. The molecule has 2 aromatic heterocycles. The summed E-state index contributed by atoms with van der Waals surface area (Å²) in [6, 6.07) is 14.7. The second kappa shape index (κ2) is 10.1. The Labute approximate surface area is 212 Å². The van der Waals surface area contributed by atoms with E-state index in [0.717, 1.165) is 4.57 Å². The molecular weight excluding hydrogens is 517 g/mol. The summed E-state index contributed by atoms with van der Waals surface area (Å²) in [6.07, 6.45) is 1.47. The molecule has 0 unspecified atom stereocenters. The molecule has 0 aliphatic rings. The van der Waals surface area contributed by atoms with Crippen molar-refractivity contribution in [3.8, 4) is 11.6 Å². The number of benzene rings is 2. The van der Waals surface area contributed by atoms with Crippen LogP contribution in [0, 0.1) is 6.92 Å². The fourth-order valence-corrected chi connectivity index (χ4v) is 4.13. The Kier molecular flexibility index (Phi) is 7.14. The van der Waals surface area contributed by atoms with Crippen LogP contribution in [0.1, 0.15) is 21.6 Å². The Morgan fingerprint density at radius 1 is 1.11 bits per heavy atom. The third-order valence-corrected chi connectivity index (χ3v) is 6.20. The van der Waals surface area contributed by atoms with Crippen LogP contribution in [0.25, 0.3) is 5.69 Å². The lowest BCUT2D eigenvalue weighted by Crippen LogP contribution is -2.24. The molecule has 186 valence electrons. The minimum atomic E-state index is -4.43. The quantitative estimate of drug-likeness (QED) is 0.314. The number of nitrogens with one attached hydrogen (secondary N) is 1. The first-order chi connectivity index (χ1) is 17.0. The van der Waals surface area contributed by atoms with Crippen molar-refractivity contribution in [1.29, 1.82) is 0 Å². The maximum Gasteiger partial charge on any atom is 0.446 e. The number of carbonyl (C=O) groups excluding carboxylic acids is 1. The first-order valence-electron chi connectivity index (χ1n) is 10.4. The first-order valence-corrected chi connectivity index (χ1v) is 11.6. The van der Waals surface area contributed by atoms with Crippen molar-refractivity contribution < 1.29 is 23.1 Å². The molecule has 12 heteroatoms. The molecule has 0 fully saturated rings. The number of halogens is 4. The van der Waals surface area contributed by atoms with Crippen LogP contribution < -0.4 is 11.0 Å². The molecule has 2 aromatic carbocycles. The van der Waals surface area contributed by atoms with Gasteiger partial charge in [0.25, 0.3) is 5.91 Å². The number of alkyl halides is 3. The van der Waals surface area contributed by atoms with Gasteiger partial charge in [-0.2, -0.15) is 13.2 Å². The summed E-state index contributed by atoms with van der Waals surface area (Å²) in [5.74, 6) is -0.457. The lowest BCUT2D eigenvalue weighted by molar-refractivity contribution is -0.0328. The van der Waals surface area contributed by atoms with Crippen LogP contribution in [-0.2, 0) is 6.54 Å². The van der Waals surface area contributed by atoms with Crippen molar-refractivity contribution in [3.63, 3.8) is 0 Å². The average molecular weight is 535 g/mol. The Hall–Kier alpha value is -3.70. The fraction of sp³-hybridized carbons (Fsp3) is 0.125. The molecule has 7 nitrogen and oxygen atoms in total. The molecule has 0 aliphatic carbocycles. The third kappa shape index (κ3) is 5.74. The van der Waals surface area contributed by atoms with E-state index in [4.69, 9.17) is 11.6 Å². The van der Waals surface area contributed by atoms with Crippen LogP contribution in [0.15, 0.2) is 76.6 Å². The van der Waals surface area contributed by atoms with Gasteiger partial charge in [0.1, 0.15) is 5.82 Å². The maximum absolute atomic E-state index is 13.1. The van der Waals surface area contributed by atoms with E-state index in [1.54, 1.807) is 43.3 Å². The van der Waals surface area contributed by atoms with Gasteiger partial charge in [0, 0.05) is 21.7 Å². The molecule has 0 bridgehead atoms. The van der Waals surface area contributed by atoms with E-state index < -0.39 is 11.2 Å². The molecular formula is C24H18ClF3N4O3S. The Morgan fingerprint density at radius 2 is 1.78 bits per heavy atom. The van der Waals surface area contributed by atoms with E-state index in [-0.39, 0.29) is 52.2 Å². The summed E-state index contributed by atoms with van der Waals surface area (Å²) < 4.78 is 40.1. The molecule has 4 rings (SSSR count). The van der Waals surface area contributed by atoms with Gasteiger partial charge in [-0.15, -0.1) is 0 Å². The van der Waals surface area contributed by atoms with Gasteiger partial charge < -0.3 is 10.4 Å². The van der Waals surface area contributed by atoms with Crippen LogP contribution in [0.4, 0.5) is 19.0 Å². The van der Waals surface area contributed by atoms with Crippen molar-refractivity contribution in [2.45, 2.75) is 23.9 Å². The SMILES string of the molecule is Cc1c(O)n(-c2ccc(SC(F)(F)F)cc2)c(=O)n1Cc1ccnc(NC(=O)c2ccc(Cl)cc2)c1. The minimum absolute atomic E-state index is 0.0418. The highest BCUT2D eigenvalue weighted by Crippen LogP contribution is 2.37. The van der Waals surface area contributed by atoms with Crippen molar-refractivity contribution in [3.05, 3.63) is 99.2 Å². The third-order valence-electron chi connectivity index (χ3n) is 5.20. The number of rotatable bonds is 6. The van der Waals surface area contributed by atoms with E-state index >= 15 is 0 Å². The second-order valence-corrected chi connectivity index (χ2v) is 9.24. The zero-order valence-corrected chi connectivity index (χ0v) is 20.2. The van der Waals surface area contributed by atoms with E-state index in [1.807, 2.05) is 0 Å². The highest BCUT2D eigenvalue weighted by atomic mass is 35.5. The van der Waals surface area contributed by atoms with E-state index in [1.165, 1.54) is 35.0 Å². The molecule has 4 aromatic rings. The van der Waals surface area contributed by atoms with E-state index in [0.29, 0.717) is 16.1 Å². The Balaban J connectivity index is 1.56. The number of thioether (sulfide) groups is 1. The predicted molar refractivity (Wildman–Crippen MR) is 131 cm³/mol. The highest BCUT2D eigenvalue weighted by molar-refractivity contribution is 8.00. The lowest BCUT2D eigenvalue weighted by atomic mass is 10.2. The molecule has 2 heterocycles. The number of hydrogen-bond acceptors (Lipinski definition) is 5. The van der Waals surface area contributed by atoms with Crippen LogP contribution in [0.5, 0.6) is 5.88 Å². The summed E-state index contributed by atoms with van der Waals surface area (Å²) in [4.78, 5) is 29.6. The van der Waals surface area contributed by atoms with Gasteiger partial charge in [-0.25, -0.2) is 14.3 Å². The molecule has 0 saturated heterocycles. The van der Waals surface area contributed by atoms with Crippen molar-refractivity contribution in [2.24, 2.45) is 0 Å². The van der Waals surface area contributed by atoms with Crippen molar-refractivity contribution in [1.82, 2.24) is 14.1 Å². The normalized spacial score (nSPS) is 11.5. The second-order valence-electron chi connectivity index (χ2n) is 7.67. The van der Waals surface area contributed by atoms with Crippen LogP contribution >= 0.6 is 23.4 Å². The number of imidazole rings is 1. The Morgan fingerprint density at radius 3 is 2.42 bits per heavy atom. The zero-order chi connectivity index (χ0) is 26.0. The van der Waals surface area contributed by atoms with Crippen LogP contribution in [0.2, 0.25) is 5.02 Å². The summed E-state index contributed by atoms with van der Waals surface area (Å²) >= 11 is 5.58. The number of aromatic nitrogens is 3. The first kappa shape index (κ1) is 25.4. The van der Waals surface area contributed by atoms with Gasteiger partial charge in [-0.05, 0) is 84.9 Å². The molecule has 0 spiro atoms. The number of anilines is 1. The van der Waals surface area contributed by atoms with Gasteiger partial charge in [-0.3, -0.25) is 9.36 Å². The predicted octanol–water partition coefficient (Wildman–Crippen LogP) is 5.61. The molecule has 0 saturated carbocycles. The van der Waals surface area contributed by atoms with Gasteiger partial charge >= 0.3 is 11.2 Å².